The third-order valence-electron chi connectivity index (χ3n) is 6.16. The number of nitrogens with zero attached hydrogens (tertiary/aromatic N) is 4. The first-order valence-corrected chi connectivity index (χ1v) is 11.3. The molecule has 34 heavy (non-hydrogen) atoms. The van der Waals surface area contributed by atoms with Gasteiger partial charge in [-0.1, -0.05) is 25.1 Å². The van der Waals surface area contributed by atoms with Crippen molar-refractivity contribution in [1.82, 2.24) is 13.7 Å². The normalized spacial score (nSPS) is 12.0. The number of hydrogen-bond donors (Lipinski definition) is 1. The Labute approximate surface area is 197 Å². The van der Waals surface area contributed by atoms with Gasteiger partial charge in [0, 0.05) is 44.6 Å². The topological polar surface area (TPSA) is 81.3 Å². The number of fused-ring (bicyclic) bond motifs is 1. The Hall–Kier alpha value is -4.07. The van der Waals surface area contributed by atoms with Crippen LogP contribution in [0.4, 0.5) is 17.1 Å². The van der Waals surface area contributed by atoms with Crippen molar-refractivity contribution in [3.8, 4) is 5.69 Å². The van der Waals surface area contributed by atoms with Crippen molar-refractivity contribution in [2.24, 2.45) is 7.05 Å². The van der Waals surface area contributed by atoms with Crippen LogP contribution in [-0.4, -0.2) is 27.8 Å². The highest BCUT2D eigenvalue weighted by Crippen LogP contribution is 2.25. The fourth-order valence-electron chi connectivity index (χ4n) is 4.04. The predicted octanol–water partition coefficient (Wildman–Crippen LogP) is 3.63. The first-order valence-electron chi connectivity index (χ1n) is 11.3. The lowest BCUT2D eigenvalue weighted by Crippen LogP contribution is -2.43. The third-order valence-corrected chi connectivity index (χ3v) is 6.16. The number of pyridine rings is 1. The first-order chi connectivity index (χ1) is 16.2. The zero-order chi connectivity index (χ0) is 24.6. The van der Waals surface area contributed by atoms with Crippen molar-refractivity contribution in [3.05, 3.63) is 91.9 Å². The van der Waals surface area contributed by atoms with Crippen LogP contribution in [0.3, 0.4) is 0 Å². The summed E-state index contributed by atoms with van der Waals surface area (Å²) in [6, 6.07) is 17.8. The van der Waals surface area contributed by atoms with E-state index >= 15 is 0 Å². The van der Waals surface area contributed by atoms with E-state index in [9.17, 15) is 14.4 Å². The highest BCUT2D eigenvalue weighted by atomic mass is 16.2. The van der Waals surface area contributed by atoms with Crippen molar-refractivity contribution in [2.45, 2.75) is 26.3 Å². The van der Waals surface area contributed by atoms with E-state index in [2.05, 4.69) is 5.32 Å². The molecule has 0 spiro atoms. The number of hydrogen-bond acceptors (Lipinski definition) is 5. The summed E-state index contributed by atoms with van der Waals surface area (Å²) < 4.78 is 4.08. The molecule has 8 nitrogen and oxygen atoms in total. The Balaban J connectivity index is 2.09. The molecule has 0 aliphatic heterocycles. The monoisotopic (exact) mass is 459 g/mol. The van der Waals surface area contributed by atoms with Crippen LogP contribution in [0.15, 0.2) is 75.0 Å². The van der Waals surface area contributed by atoms with Crippen LogP contribution in [0.1, 0.15) is 26.3 Å². The summed E-state index contributed by atoms with van der Waals surface area (Å²) >= 11 is 0. The van der Waals surface area contributed by atoms with Crippen LogP contribution in [0, 0.1) is 0 Å². The Kier molecular flexibility index (Phi) is 6.15. The van der Waals surface area contributed by atoms with Gasteiger partial charge in [0.05, 0.1) is 11.4 Å². The van der Waals surface area contributed by atoms with Crippen LogP contribution < -0.4 is 27.0 Å². The summed E-state index contributed by atoms with van der Waals surface area (Å²) in [5, 5.41) is 3.52. The largest absolute Gasteiger partial charge is 0.378 e. The van der Waals surface area contributed by atoms with E-state index in [1.54, 1.807) is 19.2 Å². The van der Waals surface area contributed by atoms with Crippen molar-refractivity contribution in [3.63, 3.8) is 0 Å². The van der Waals surface area contributed by atoms with Crippen LogP contribution in [-0.2, 0) is 7.05 Å². The summed E-state index contributed by atoms with van der Waals surface area (Å²) in [6.07, 6.45) is 0.607. The molecular formula is C26H29N5O3. The number of anilines is 3. The zero-order valence-corrected chi connectivity index (χ0v) is 20.1. The Morgan fingerprint density at radius 1 is 0.971 bits per heavy atom. The molecule has 0 radical (unpaired) electrons. The maximum Gasteiger partial charge on any atom is 0.337 e. The molecule has 1 atom stereocenters. The van der Waals surface area contributed by atoms with Gasteiger partial charge in [-0.15, -0.1) is 0 Å². The molecule has 0 fully saturated rings. The van der Waals surface area contributed by atoms with Gasteiger partial charge in [-0.2, -0.15) is 0 Å². The van der Waals surface area contributed by atoms with Gasteiger partial charge >= 0.3 is 5.69 Å². The van der Waals surface area contributed by atoms with E-state index in [-0.39, 0.29) is 22.6 Å². The van der Waals surface area contributed by atoms with Crippen molar-refractivity contribution >= 4 is 28.1 Å². The average Bonchev–Trinajstić information content (AvgIpc) is 2.82. The lowest BCUT2D eigenvalue weighted by molar-refractivity contribution is 0.485. The molecule has 0 aliphatic rings. The van der Waals surface area contributed by atoms with E-state index in [0.717, 1.165) is 11.4 Å². The lowest BCUT2D eigenvalue weighted by atomic mass is 10.2. The van der Waals surface area contributed by atoms with E-state index in [1.807, 2.05) is 75.3 Å². The minimum atomic E-state index is -0.472. The molecule has 4 rings (SSSR count). The second-order valence-corrected chi connectivity index (χ2v) is 8.61. The van der Waals surface area contributed by atoms with Gasteiger partial charge in [-0.05, 0) is 49.7 Å². The summed E-state index contributed by atoms with van der Waals surface area (Å²) in [6.45, 7) is 3.78. The number of aromatic nitrogens is 3. The average molecular weight is 460 g/mol. The van der Waals surface area contributed by atoms with Gasteiger partial charge in [-0.3, -0.25) is 18.7 Å². The molecule has 0 saturated carbocycles. The fraction of sp³-hybridized carbons (Fsp3) is 0.269. The molecule has 2 aromatic carbocycles. The van der Waals surface area contributed by atoms with Crippen molar-refractivity contribution in [2.75, 3.05) is 24.3 Å². The number of benzene rings is 2. The molecular weight excluding hydrogens is 430 g/mol. The van der Waals surface area contributed by atoms with Gasteiger partial charge in [0.2, 0.25) is 0 Å². The maximum absolute atomic E-state index is 13.7. The second-order valence-electron chi connectivity index (χ2n) is 8.61. The van der Waals surface area contributed by atoms with Crippen LogP contribution in [0.25, 0.3) is 16.7 Å². The molecule has 176 valence electrons. The summed E-state index contributed by atoms with van der Waals surface area (Å²) in [5.41, 5.74) is 1.72. The molecule has 0 aliphatic carbocycles. The molecule has 0 saturated heterocycles. The van der Waals surface area contributed by atoms with Crippen LogP contribution in [0.2, 0.25) is 0 Å². The van der Waals surface area contributed by atoms with Gasteiger partial charge in [0.15, 0.2) is 0 Å². The van der Waals surface area contributed by atoms with Gasteiger partial charge < -0.3 is 10.2 Å². The summed E-state index contributed by atoms with van der Waals surface area (Å²) in [7, 11) is 5.49. The van der Waals surface area contributed by atoms with E-state index in [0.29, 0.717) is 17.8 Å². The maximum atomic E-state index is 13.7. The van der Waals surface area contributed by atoms with Gasteiger partial charge in [0.25, 0.3) is 11.1 Å². The minimum absolute atomic E-state index is 0.251. The third kappa shape index (κ3) is 3.91. The van der Waals surface area contributed by atoms with E-state index in [1.165, 1.54) is 19.8 Å². The quantitative estimate of drug-likeness (QED) is 0.476. The van der Waals surface area contributed by atoms with Crippen LogP contribution in [0.5, 0.6) is 0 Å². The standard InChI is InChI=1S/C26H29N5O3/c1-6-17(2)30-25(33)23-21(27-18-12-14-19(15-13-18)28(3)4)16-22(32)29(5)24(23)31(26(30)34)20-10-8-7-9-11-20/h7-17,27H,6H2,1-5H3. The first kappa shape index (κ1) is 23.1. The SMILES string of the molecule is CCC(C)n1c(=O)c2c(Nc3ccc(N(C)C)cc3)cc(=O)n(C)c2n(-c2ccccc2)c1=O. The number of aryl methyl sites for hydroxylation is 1. The molecule has 0 bridgehead atoms. The van der Waals surface area contributed by atoms with Crippen molar-refractivity contribution in [1.29, 1.82) is 0 Å². The Morgan fingerprint density at radius 3 is 2.21 bits per heavy atom. The summed E-state index contributed by atoms with van der Waals surface area (Å²) in [4.78, 5) is 42.3. The highest BCUT2D eigenvalue weighted by Gasteiger charge is 2.22. The second kappa shape index (κ2) is 9.05. The molecule has 4 aromatic rings. The lowest BCUT2D eigenvalue weighted by Gasteiger charge is -2.21. The van der Waals surface area contributed by atoms with E-state index in [4.69, 9.17) is 0 Å². The van der Waals surface area contributed by atoms with Gasteiger partial charge in [0.1, 0.15) is 11.0 Å². The molecule has 2 heterocycles. The van der Waals surface area contributed by atoms with Gasteiger partial charge in [-0.25, -0.2) is 9.36 Å². The predicted molar refractivity (Wildman–Crippen MR) is 138 cm³/mol. The molecule has 2 aromatic heterocycles. The number of nitrogens with one attached hydrogen (secondary N) is 1. The number of rotatable bonds is 6. The summed E-state index contributed by atoms with van der Waals surface area (Å²) in [5.74, 6) is 0. The van der Waals surface area contributed by atoms with Crippen LogP contribution >= 0.6 is 0 Å². The molecule has 1 unspecified atom stereocenters. The molecule has 1 N–H and O–H groups in total. The Bertz CT molecular complexity index is 1510. The minimum Gasteiger partial charge on any atom is -0.378 e. The molecule has 0 amide bonds. The molecule has 8 heteroatoms. The number of para-hydroxylation sites is 1. The highest BCUT2D eigenvalue weighted by molar-refractivity contribution is 5.91. The smallest absolute Gasteiger partial charge is 0.337 e. The van der Waals surface area contributed by atoms with Crippen molar-refractivity contribution < 1.29 is 0 Å². The zero-order valence-electron chi connectivity index (χ0n) is 20.1. The Morgan fingerprint density at radius 2 is 1.62 bits per heavy atom. The van der Waals surface area contributed by atoms with E-state index < -0.39 is 11.2 Å². The fourth-order valence-corrected chi connectivity index (χ4v) is 4.04.